The zero-order valence-electron chi connectivity index (χ0n) is 15.0. The van der Waals surface area contributed by atoms with Crippen LogP contribution in [0.4, 0.5) is 23.7 Å². The van der Waals surface area contributed by atoms with Crippen LogP contribution in [0.15, 0.2) is 42.6 Å². The molecule has 1 spiro atoms. The highest BCUT2D eigenvalue weighted by molar-refractivity contribution is 6.24. The summed E-state index contributed by atoms with van der Waals surface area (Å²) in [4.78, 5) is 32.4. The molecule has 2 aliphatic rings. The van der Waals surface area contributed by atoms with E-state index in [0.29, 0.717) is 24.1 Å². The standard InChI is InChI=1S/C19H16F3N3O4/c20-19(21,22)29-15-3-1-14(2-4-15)25-16(27)18(6-7-18)24(17(25)28)10-12-5-8-23-13(9-12)11-26/h1-5,8-9,26H,6-7,10-11H2. The van der Waals surface area contributed by atoms with Gasteiger partial charge in [-0.25, -0.2) is 9.69 Å². The Kier molecular flexibility index (Phi) is 4.45. The first-order chi connectivity index (χ1) is 13.7. The van der Waals surface area contributed by atoms with Gasteiger partial charge >= 0.3 is 12.4 Å². The number of urea groups is 1. The van der Waals surface area contributed by atoms with E-state index in [2.05, 4.69) is 9.72 Å². The molecule has 3 amide bonds. The zero-order valence-corrected chi connectivity index (χ0v) is 15.0. The van der Waals surface area contributed by atoms with Crippen LogP contribution < -0.4 is 9.64 Å². The van der Waals surface area contributed by atoms with Crippen molar-refractivity contribution < 1.29 is 32.6 Å². The maximum Gasteiger partial charge on any atom is 0.573 e. The number of rotatable bonds is 5. The summed E-state index contributed by atoms with van der Waals surface area (Å²) in [5, 5.41) is 9.23. The van der Waals surface area contributed by atoms with Gasteiger partial charge in [-0.05, 0) is 54.8 Å². The number of halogens is 3. The van der Waals surface area contributed by atoms with Crippen LogP contribution in [0.5, 0.6) is 5.75 Å². The van der Waals surface area contributed by atoms with Crippen molar-refractivity contribution in [3.63, 3.8) is 0 Å². The summed E-state index contributed by atoms with van der Waals surface area (Å²) in [7, 11) is 0. The Bertz CT molecular complexity index is 958. The summed E-state index contributed by atoms with van der Waals surface area (Å²) in [5.41, 5.74) is 0.407. The molecule has 1 aliphatic heterocycles. The van der Waals surface area contributed by atoms with Gasteiger partial charge in [-0.2, -0.15) is 0 Å². The number of benzene rings is 1. The van der Waals surface area contributed by atoms with Crippen LogP contribution in [0.25, 0.3) is 0 Å². The molecule has 152 valence electrons. The molecule has 2 fully saturated rings. The number of pyridine rings is 1. The molecule has 0 unspecified atom stereocenters. The fourth-order valence-electron chi connectivity index (χ4n) is 3.46. The largest absolute Gasteiger partial charge is 0.573 e. The van der Waals surface area contributed by atoms with Crippen LogP contribution in [-0.4, -0.2) is 38.8 Å². The van der Waals surface area contributed by atoms with Crippen molar-refractivity contribution in [1.29, 1.82) is 0 Å². The van der Waals surface area contributed by atoms with Crippen LogP contribution in [0.1, 0.15) is 24.1 Å². The number of hydrogen-bond donors (Lipinski definition) is 1. The van der Waals surface area contributed by atoms with E-state index in [0.717, 1.165) is 17.0 Å². The van der Waals surface area contributed by atoms with Crippen LogP contribution in [-0.2, 0) is 17.9 Å². The van der Waals surface area contributed by atoms with Gasteiger partial charge in [0.05, 0.1) is 18.0 Å². The van der Waals surface area contributed by atoms with Gasteiger partial charge in [0, 0.05) is 12.7 Å². The molecule has 0 bridgehead atoms. The Labute approximate surface area is 163 Å². The minimum absolute atomic E-state index is 0.159. The fraction of sp³-hybridized carbons (Fsp3) is 0.316. The predicted octanol–water partition coefficient (Wildman–Crippen LogP) is 2.97. The number of ether oxygens (including phenoxy) is 1. The van der Waals surface area contributed by atoms with Gasteiger partial charge in [0.25, 0.3) is 5.91 Å². The van der Waals surface area contributed by atoms with E-state index in [-0.39, 0.29) is 18.8 Å². The van der Waals surface area contributed by atoms with Crippen molar-refractivity contribution in [2.45, 2.75) is 37.9 Å². The molecular weight excluding hydrogens is 391 g/mol. The average molecular weight is 407 g/mol. The molecule has 1 aromatic heterocycles. The molecule has 0 radical (unpaired) electrons. The number of anilines is 1. The third kappa shape index (κ3) is 3.51. The van der Waals surface area contributed by atoms with Gasteiger partial charge in [0.15, 0.2) is 0 Å². The smallest absolute Gasteiger partial charge is 0.406 e. The monoisotopic (exact) mass is 407 g/mol. The Morgan fingerprint density at radius 3 is 2.41 bits per heavy atom. The first kappa shape index (κ1) is 19.2. The summed E-state index contributed by atoms with van der Waals surface area (Å²) in [6.45, 7) is -0.0871. The second-order valence-corrected chi connectivity index (χ2v) is 6.90. The third-order valence-corrected chi connectivity index (χ3v) is 4.98. The molecule has 1 saturated carbocycles. The second kappa shape index (κ2) is 6.73. The topological polar surface area (TPSA) is 83.0 Å². The number of aromatic nitrogens is 1. The molecule has 2 heterocycles. The maximum atomic E-state index is 13.0. The number of nitrogens with zero attached hydrogens (tertiary/aromatic N) is 3. The molecule has 29 heavy (non-hydrogen) atoms. The van der Waals surface area contributed by atoms with Crippen molar-refractivity contribution in [3.8, 4) is 5.75 Å². The SMILES string of the molecule is O=C1N(c2ccc(OC(F)(F)F)cc2)C(=O)C2(CC2)N1Cc1ccnc(CO)c1. The minimum Gasteiger partial charge on any atom is -0.406 e. The molecule has 2 aromatic rings. The molecule has 0 atom stereocenters. The molecule has 1 saturated heterocycles. The highest BCUT2D eigenvalue weighted by atomic mass is 19.4. The number of amides is 3. The third-order valence-electron chi connectivity index (χ3n) is 4.98. The van der Waals surface area contributed by atoms with E-state index in [1.807, 2.05) is 0 Å². The van der Waals surface area contributed by atoms with E-state index >= 15 is 0 Å². The summed E-state index contributed by atoms with van der Waals surface area (Å²) in [5.74, 6) is -0.838. The first-order valence-electron chi connectivity index (χ1n) is 8.80. The number of alkyl halides is 3. The van der Waals surface area contributed by atoms with Gasteiger partial charge in [-0.15, -0.1) is 13.2 Å². The maximum absolute atomic E-state index is 13.0. The van der Waals surface area contributed by atoms with E-state index in [1.54, 1.807) is 12.1 Å². The van der Waals surface area contributed by atoms with Crippen LogP contribution >= 0.6 is 0 Å². The first-order valence-corrected chi connectivity index (χ1v) is 8.80. The van der Waals surface area contributed by atoms with Crippen molar-refractivity contribution in [1.82, 2.24) is 9.88 Å². The summed E-state index contributed by atoms with van der Waals surface area (Å²) < 4.78 is 40.8. The van der Waals surface area contributed by atoms with Crippen molar-refractivity contribution in [2.75, 3.05) is 4.90 Å². The van der Waals surface area contributed by atoms with E-state index in [9.17, 15) is 27.9 Å². The van der Waals surface area contributed by atoms with E-state index in [1.165, 1.54) is 23.2 Å². The molecule has 1 aliphatic carbocycles. The summed E-state index contributed by atoms with van der Waals surface area (Å²) in [6.07, 6.45) is -2.28. The Hall–Kier alpha value is -3.14. The van der Waals surface area contributed by atoms with Gasteiger partial charge < -0.3 is 14.7 Å². The molecule has 4 rings (SSSR count). The van der Waals surface area contributed by atoms with Crippen molar-refractivity contribution >= 4 is 17.6 Å². The molecule has 1 N–H and O–H groups in total. The number of carbonyl (C=O) groups is 2. The number of carbonyl (C=O) groups excluding carboxylic acids is 2. The quantitative estimate of drug-likeness (QED) is 0.771. The van der Waals surface area contributed by atoms with Crippen molar-refractivity contribution in [2.24, 2.45) is 0 Å². The Balaban J connectivity index is 1.58. The second-order valence-electron chi connectivity index (χ2n) is 6.90. The van der Waals surface area contributed by atoms with Crippen LogP contribution in [0, 0.1) is 0 Å². The van der Waals surface area contributed by atoms with E-state index in [4.69, 9.17) is 0 Å². The molecule has 10 heteroatoms. The lowest BCUT2D eigenvalue weighted by atomic mass is 10.1. The zero-order chi connectivity index (χ0) is 20.8. The Morgan fingerprint density at radius 2 is 1.83 bits per heavy atom. The number of hydrogen-bond acceptors (Lipinski definition) is 5. The summed E-state index contributed by atoms with van der Waals surface area (Å²) >= 11 is 0. The van der Waals surface area contributed by atoms with Crippen molar-refractivity contribution in [3.05, 3.63) is 53.9 Å². The van der Waals surface area contributed by atoms with Gasteiger partial charge in [0.1, 0.15) is 11.3 Å². The lowest BCUT2D eigenvalue weighted by Gasteiger charge is -2.21. The Morgan fingerprint density at radius 1 is 1.14 bits per heavy atom. The number of imide groups is 1. The predicted molar refractivity (Wildman–Crippen MR) is 93.7 cm³/mol. The molecule has 7 nitrogen and oxygen atoms in total. The average Bonchev–Trinajstić information content (AvgIpc) is 3.45. The van der Waals surface area contributed by atoms with Crippen LogP contribution in [0.2, 0.25) is 0 Å². The highest BCUT2D eigenvalue weighted by Crippen LogP contribution is 2.49. The number of aliphatic hydroxyl groups excluding tert-OH is 1. The fourth-order valence-corrected chi connectivity index (χ4v) is 3.46. The normalized spacial score (nSPS) is 17.9. The number of aliphatic hydroxyl groups is 1. The molecular formula is C19H16F3N3O4. The summed E-state index contributed by atoms with van der Waals surface area (Å²) in [6, 6.07) is 7.40. The minimum atomic E-state index is -4.83. The van der Waals surface area contributed by atoms with Gasteiger partial charge in [-0.3, -0.25) is 9.78 Å². The van der Waals surface area contributed by atoms with Crippen LogP contribution in [0.3, 0.4) is 0 Å². The van der Waals surface area contributed by atoms with Gasteiger partial charge in [-0.1, -0.05) is 0 Å². The van der Waals surface area contributed by atoms with Gasteiger partial charge in [0.2, 0.25) is 0 Å². The lowest BCUT2D eigenvalue weighted by molar-refractivity contribution is -0.274. The van der Waals surface area contributed by atoms with E-state index < -0.39 is 29.6 Å². The molecule has 1 aromatic carbocycles. The lowest BCUT2D eigenvalue weighted by Crippen LogP contribution is -2.36. The highest BCUT2D eigenvalue weighted by Gasteiger charge is 2.65.